The normalized spacial score (nSPS) is 19.8. The number of piperidine rings is 1. The Morgan fingerprint density at radius 2 is 1.75 bits per heavy atom. The lowest BCUT2D eigenvalue weighted by Gasteiger charge is -2.46. The highest BCUT2D eigenvalue weighted by atomic mass is 32.2. The van der Waals surface area contributed by atoms with Crippen LogP contribution in [0.2, 0.25) is 0 Å². The molecule has 9 heteroatoms. The van der Waals surface area contributed by atoms with Crippen molar-refractivity contribution in [3.8, 4) is 5.75 Å². The molecule has 2 aliphatic rings. The van der Waals surface area contributed by atoms with Gasteiger partial charge in [0.25, 0.3) is 0 Å². The molecule has 0 amide bonds. The van der Waals surface area contributed by atoms with Crippen LogP contribution in [-0.2, 0) is 10.0 Å². The Morgan fingerprint density at radius 1 is 1.11 bits per heavy atom. The molecule has 0 aliphatic carbocycles. The summed E-state index contributed by atoms with van der Waals surface area (Å²) in [6.07, 6.45) is 1.16. The van der Waals surface area contributed by atoms with Gasteiger partial charge in [0.2, 0.25) is 16.0 Å². The van der Waals surface area contributed by atoms with Crippen molar-refractivity contribution in [1.29, 1.82) is 0 Å². The number of anilines is 2. The SMILES string of the molecule is COc1ccc(C)c2c1NC1(CCN(c3nc(C)cc(C)n3)CC1)NS2(=O)=O. The largest absolute Gasteiger partial charge is 0.495 e. The summed E-state index contributed by atoms with van der Waals surface area (Å²) in [5.74, 6) is 1.23. The van der Waals surface area contributed by atoms with E-state index in [1.54, 1.807) is 26.2 Å². The average molecular weight is 404 g/mol. The van der Waals surface area contributed by atoms with Crippen LogP contribution in [0.5, 0.6) is 5.75 Å². The number of sulfonamides is 1. The monoisotopic (exact) mass is 403 g/mol. The zero-order chi connectivity index (χ0) is 20.1. The van der Waals surface area contributed by atoms with E-state index in [9.17, 15) is 8.42 Å². The van der Waals surface area contributed by atoms with Crippen LogP contribution in [0.4, 0.5) is 11.6 Å². The number of aromatic nitrogens is 2. The number of ether oxygens (including phenoxy) is 1. The van der Waals surface area contributed by atoms with Crippen molar-refractivity contribution >= 4 is 21.7 Å². The molecule has 0 radical (unpaired) electrons. The molecule has 0 bridgehead atoms. The summed E-state index contributed by atoms with van der Waals surface area (Å²) in [4.78, 5) is 11.4. The number of nitrogens with zero attached hydrogens (tertiary/aromatic N) is 3. The summed E-state index contributed by atoms with van der Waals surface area (Å²) in [6, 6.07) is 5.50. The minimum Gasteiger partial charge on any atom is -0.495 e. The number of aryl methyl sites for hydroxylation is 3. The summed E-state index contributed by atoms with van der Waals surface area (Å²) in [5, 5.41) is 3.44. The zero-order valence-electron chi connectivity index (χ0n) is 16.5. The Bertz CT molecular complexity index is 1010. The van der Waals surface area contributed by atoms with Gasteiger partial charge in [0.1, 0.15) is 16.3 Å². The van der Waals surface area contributed by atoms with Gasteiger partial charge in [-0.1, -0.05) is 6.07 Å². The molecule has 0 atom stereocenters. The zero-order valence-corrected chi connectivity index (χ0v) is 17.4. The van der Waals surface area contributed by atoms with Crippen LogP contribution in [0.3, 0.4) is 0 Å². The number of hydrogen-bond acceptors (Lipinski definition) is 7. The van der Waals surface area contributed by atoms with Crippen LogP contribution in [0, 0.1) is 20.8 Å². The maximum atomic E-state index is 13.0. The number of benzene rings is 1. The van der Waals surface area contributed by atoms with Crippen molar-refractivity contribution in [2.45, 2.75) is 44.2 Å². The minimum atomic E-state index is -3.65. The molecule has 8 nitrogen and oxygen atoms in total. The Hall–Kier alpha value is -2.39. The second-order valence-corrected chi connectivity index (χ2v) is 9.16. The third-order valence-corrected chi connectivity index (χ3v) is 7.09. The molecule has 150 valence electrons. The molecule has 2 aliphatic heterocycles. The van der Waals surface area contributed by atoms with Crippen molar-refractivity contribution in [2.24, 2.45) is 0 Å². The van der Waals surface area contributed by atoms with E-state index in [1.807, 2.05) is 19.9 Å². The van der Waals surface area contributed by atoms with Crippen LogP contribution in [0.15, 0.2) is 23.1 Å². The Morgan fingerprint density at radius 3 is 2.36 bits per heavy atom. The van der Waals surface area contributed by atoms with E-state index in [4.69, 9.17) is 4.74 Å². The third kappa shape index (κ3) is 3.18. The molecule has 1 aromatic carbocycles. The number of nitrogens with one attached hydrogen (secondary N) is 2. The standard InChI is InChI=1S/C19H25N5O3S/c1-12-5-6-15(27-4)16-17(12)28(25,26)23-19(22-16)7-9-24(10-8-19)18-20-13(2)11-14(3)21-18/h5-6,11,22-23H,7-10H2,1-4H3. The van der Waals surface area contributed by atoms with Crippen LogP contribution in [-0.4, -0.2) is 44.2 Å². The first-order valence-corrected chi connectivity index (χ1v) is 10.8. The molecule has 2 N–H and O–H groups in total. The number of rotatable bonds is 2. The van der Waals surface area contributed by atoms with Crippen LogP contribution < -0.4 is 19.7 Å². The van der Waals surface area contributed by atoms with Crippen LogP contribution in [0.1, 0.15) is 29.8 Å². The molecule has 4 rings (SSSR count). The topological polar surface area (TPSA) is 96.4 Å². The fourth-order valence-electron chi connectivity index (χ4n) is 4.04. The highest BCUT2D eigenvalue weighted by molar-refractivity contribution is 7.89. The lowest BCUT2D eigenvalue weighted by Crippen LogP contribution is -2.62. The smallest absolute Gasteiger partial charge is 0.244 e. The molecule has 0 unspecified atom stereocenters. The summed E-state index contributed by atoms with van der Waals surface area (Å²) in [6.45, 7) is 6.97. The first kappa shape index (κ1) is 18.9. The first-order chi connectivity index (χ1) is 13.2. The molecule has 28 heavy (non-hydrogen) atoms. The molecule has 0 saturated carbocycles. The molecular formula is C19H25N5O3S. The highest BCUT2D eigenvalue weighted by Crippen LogP contribution is 2.42. The Balaban J connectivity index is 1.64. The maximum Gasteiger partial charge on any atom is 0.244 e. The Kier molecular flexibility index (Phi) is 4.46. The summed E-state index contributed by atoms with van der Waals surface area (Å²) in [7, 11) is -2.10. The van der Waals surface area contributed by atoms with E-state index in [-0.39, 0.29) is 4.90 Å². The predicted octanol–water partition coefficient (Wildman–Crippen LogP) is 2.11. The molecule has 3 heterocycles. The van der Waals surface area contributed by atoms with Gasteiger partial charge in [-0.3, -0.25) is 0 Å². The fourth-order valence-corrected chi connectivity index (χ4v) is 5.82. The van der Waals surface area contributed by atoms with Gasteiger partial charge in [0, 0.05) is 37.3 Å². The first-order valence-electron chi connectivity index (χ1n) is 9.30. The fraction of sp³-hybridized carbons (Fsp3) is 0.474. The molecule has 1 fully saturated rings. The van der Waals surface area contributed by atoms with Crippen LogP contribution in [0.25, 0.3) is 0 Å². The van der Waals surface area contributed by atoms with E-state index in [1.165, 1.54) is 0 Å². The van der Waals surface area contributed by atoms with Gasteiger partial charge >= 0.3 is 0 Å². The van der Waals surface area contributed by atoms with E-state index in [0.717, 1.165) is 11.4 Å². The minimum absolute atomic E-state index is 0.262. The van der Waals surface area contributed by atoms with Gasteiger partial charge in [-0.2, -0.15) is 4.72 Å². The van der Waals surface area contributed by atoms with Gasteiger partial charge in [-0.25, -0.2) is 18.4 Å². The van der Waals surface area contributed by atoms with Crippen molar-refractivity contribution in [3.63, 3.8) is 0 Å². The summed E-state index contributed by atoms with van der Waals surface area (Å²) < 4.78 is 34.4. The third-order valence-electron chi connectivity index (χ3n) is 5.37. The predicted molar refractivity (Wildman–Crippen MR) is 107 cm³/mol. The average Bonchev–Trinajstić information content (AvgIpc) is 2.60. The highest BCUT2D eigenvalue weighted by Gasteiger charge is 2.45. The number of fused-ring (bicyclic) bond motifs is 1. The molecule has 2 aromatic rings. The van der Waals surface area contributed by atoms with Gasteiger partial charge in [-0.05, 0) is 38.5 Å². The van der Waals surface area contributed by atoms with E-state index in [0.29, 0.717) is 48.9 Å². The Labute approximate surface area is 165 Å². The van der Waals surface area contributed by atoms with Gasteiger partial charge < -0.3 is 15.0 Å². The van der Waals surface area contributed by atoms with Crippen molar-refractivity contribution in [2.75, 3.05) is 30.4 Å². The summed E-state index contributed by atoms with van der Waals surface area (Å²) in [5.41, 5.74) is 2.33. The van der Waals surface area contributed by atoms with Crippen molar-refractivity contribution in [1.82, 2.24) is 14.7 Å². The lowest BCUT2D eigenvalue weighted by atomic mass is 9.97. The lowest BCUT2D eigenvalue weighted by molar-refractivity contribution is 0.330. The molecule has 1 aromatic heterocycles. The molecular weight excluding hydrogens is 378 g/mol. The van der Waals surface area contributed by atoms with E-state index in [2.05, 4.69) is 24.9 Å². The molecule has 1 spiro atoms. The number of methoxy groups -OCH3 is 1. The van der Waals surface area contributed by atoms with Gasteiger partial charge in [-0.15, -0.1) is 0 Å². The van der Waals surface area contributed by atoms with Crippen molar-refractivity contribution in [3.05, 3.63) is 35.2 Å². The van der Waals surface area contributed by atoms with Gasteiger partial charge in [0.05, 0.1) is 12.8 Å². The van der Waals surface area contributed by atoms with E-state index >= 15 is 0 Å². The van der Waals surface area contributed by atoms with Gasteiger partial charge in [0.15, 0.2) is 0 Å². The van der Waals surface area contributed by atoms with Crippen molar-refractivity contribution < 1.29 is 13.2 Å². The summed E-state index contributed by atoms with van der Waals surface area (Å²) >= 11 is 0. The van der Waals surface area contributed by atoms with Crippen LogP contribution >= 0.6 is 0 Å². The maximum absolute atomic E-state index is 13.0. The quantitative estimate of drug-likeness (QED) is 0.793. The molecule has 1 saturated heterocycles. The second kappa shape index (κ2) is 6.59. The van der Waals surface area contributed by atoms with E-state index < -0.39 is 15.7 Å². The second-order valence-electron chi connectivity index (χ2n) is 7.54. The number of hydrogen-bond donors (Lipinski definition) is 2.